The number of rotatable bonds is 7. The molecule has 1 atom stereocenters. The van der Waals surface area contributed by atoms with E-state index >= 15 is 0 Å². The van der Waals surface area contributed by atoms with Gasteiger partial charge in [0.25, 0.3) is 0 Å². The van der Waals surface area contributed by atoms with Gasteiger partial charge >= 0.3 is 0 Å². The third-order valence-corrected chi connectivity index (χ3v) is 4.86. The summed E-state index contributed by atoms with van der Waals surface area (Å²) in [6.45, 7) is 8.32. The molecular weight excluding hydrogens is 288 g/mol. The number of aryl methyl sites for hydroxylation is 1. The lowest BCUT2D eigenvalue weighted by atomic mass is 10.1. The van der Waals surface area contributed by atoms with Gasteiger partial charge in [-0.15, -0.1) is 0 Å². The predicted octanol–water partition coefficient (Wildman–Crippen LogP) is 2.21. The van der Waals surface area contributed by atoms with Crippen molar-refractivity contribution in [1.82, 2.24) is 4.72 Å². The number of benzene rings is 1. The largest absolute Gasteiger partial charge is 0.380 e. The molecule has 0 aliphatic rings. The smallest absolute Gasteiger partial charge is 0.241 e. The molecule has 0 aliphatic heterocycles. The Morgan fingerprint density at radius 3 is 2.52 bits per heavy atom. The van der Waals surface area contributed by atoms with Crippen molar-refractivity contribution >= 4 is 10.0 Å². The molecule has 0 amide bonds. The molecule has 0 saturated heterocycles. The Morgan fingerprint density at radius 1 is 1.38 bits per heavy atom. The Balaban J connectivity index is 3.02. The molecule has 1 unspecified atom stereocenters. The molecule has 21 heavy (non-hydrogen) atoms. The maximum Gasteiger partial charge on any atom is 0.241 e. The highest BCUT2D eigenvalue weighted by Crippen LogP contribution is 2.18. The van der Waals surface area contributed by atoms with E-state index in [2.05, 4.69) is 4.72 Å². The van der Waals surface area contributed by atoms with Crippen molar-refractivity contribution in [3.63, 3.8) is 0 Å². The van der Waals surface area contributed by atoms with Gasteiger partial charge < -0.3 is 4.74 Å². The first-order valence-corrected chi connectivity index (χ1v) is 8.41. The fourth-order valence-electron chi connectivity index (χ4n) is 1.89. The number of hydrogen-bond donors (Lipinski definition) is 1. The van der Waals surface area contributed by atoms with Crippen LogP contribution in [-0.4, -0.2) is 27.7 Å². The fraction of sp³-hybridized carbons (Fsp3) is 0.533. The van der Waals surface area contributed by atoms with Crippen molar-refractivity contribution in [2.75, 3.05) is 13.2 Å². The second-order valence-electron chi connectivity index (χ2n) is 5.22. The molecule has 0 aromatic heterocycles. The average molecular weight is 310 g/mol. The Kier molecular flexibility index (Phi) is 6.34. The van der Waals surface area contributed by atoms with Crippen LogP contribution in [0.5, 0.6) is 0 Å². The Bertz CT molecular complexity index is 618. The zero-order valence-electron chi connectivity index (χ0n) is 12.9. The molecule has 116 valence electrons. The maximum absolute atomic E-state index is 12.5. The molecule has 0 heterocycles. The predicted molar refractivity (Wildman–Crippen MR) is 81.3 cm³/mol. The van der Waals surface area contributed by atoms with Crippen molar-refractivity contribution in [2.24, 2.45) is 5.92 Å². The highest BCUT2D eigenvalue weighted by molar-refractivity contribution is 7.89. The van der Waals surface area contributed by atoms with Gasteiger partial charge in [0.2, 0.25) is 10.0 Å². The summed E-state index contributed by atoms with van der Waals surface area (Å²) < 4.78 is 33.0. The molecule has 0 aliphatic carbocycles. The van der Waals surface area contributed by atoms with Crippen molar-refractivity contribution < 1.29 is 13.2 Å². The summed E-state index contributed by atoms with van der Waals surface area (Å²) in [7, 11) is -3.63. The Hall–Kier alpha value is -1.42. The minimum atomic E-state index is -3.63. The maximum atomic E-state index is 12.5. The molecule has 1 aromatic rings. The van der Waals surface area contributed by atoms with Gasteiger partial charge in [-0.2, -0.15) is 5.26 Å². The van der Waals surface area contributed by atoms with E-state index in [0.29, 0.717) is 24.3 Å². The standard InChI is InChI=1S/C15H22N2O3S/c1-5-20-10-14(11(2)3)17-21(18,19)15-7-6-13(9-16)8-12(15)4/h6-8,11,14,17H,5,10H2,1-4H3. The van der Waals surface area contributed by atoms with Crippen LogP contribution in [-0.2, 0) is 14.8 Å². The van der Waals surface area contributed by atoms with Crippen LogP contribution >= 0.6 is 0 Å². The second-order valence-corrected chi connectivity index (χ2v) is 6.91. The lowest BCUT2D eigenvalue weighted by molar-refractivity contribution is 0.116. The highest BCUT2D eigenvalue weighted by Gasteiger charge is 2.24. The number of ether oxygens (including phenoxy) is 1. The van der Waals surface area contributed by atoms with Crippen molar-refractivity contribution in [3.8, 4) is 6.07 Å². The summed E-state index contributed by atoms with van der Waals surface area (Å²) in [5.41, 5.74) is 1.00. The topological polar surface area (TPSA) is 79.2 Å². The quantitative estimate of drug-likeness (QED) is 0.837. The van der Waals surface area contributed by atoms with Crippen LogP contribution in [0.15, 0.2) is 23.1 Å². The number of nitrogens with one attached hydrogen (secondary N) is 1. The third kappa shape index (κ3) is 4.81. The van der Waals surface area contributed by atoms with Gasteiger partial charge in [0.05, 0.1) is 23.1 Å². The first kappa shape index (κ1) is 17.6. The van der Waals surface area contributed by atoms with Crippen LogP contribution < -0.4 is 4.72 Å². The van der Waals surface area contributed by atoms with Crippen molar-refractivity contribution in [3.05, 3.63) is 29.3 Å². The minimum Gasteiger partial charge on any atom is -0.380 e. The molecule has 0 radical (unpaired) electrons. The van der Waals surface area contributed by atoms with Gasteiger partial charge in [0.1, 0.15) is 0 Å². The molecule has 0 spiro atoms. The molecule has 1 rings (SSSR count). The van der Waals surface area contributed by atoms with Crippen molar-refractivity contribution in [1.29, 1.82) is 5.26 Å². The average Bonchev–Trinajstić information content (AvgIpc) is 2.42. The van der Waals surface area contributed by atoms with Crippen LogP contribution in [0.1, 0.15) is 31.9 Å². The molecule has 6 heteroatoms. The van der Waals surface area contributed by atoms with E-state index in [-0.39, 0.29) is 16.9 Å². The van der Waals surface area contributed by atoms with E-state index in [9.17, 15) is 8.42 Å². The lowest BCUT2D eigenvalue weighted by Crippen LogP contribution is -2.42. The summed E-state index contributed by atoms with van der Waals surface area (Å²) in [5, 5.41) is 8.84. The third-order valence-electron chi connectivity index (χ3n) is 3.21. The normalized spacial score (nSPS) is 13.1. The fourth-order valence-corrected chi connectivity index (χ4v) is 3.49. The SMILES string of the molecule is CCOCC(NS(=O)(=O)c1ccc(C#N)cc1C)C(C)C. The van der Waals surface area contributed by atoms with E-state index in [0.717, 1.165) is 0 Å². The van der Waals surface area contributed by atoms with Gasteiger partial charge in [-0.3, -0.25) is 0 Å². The number of sulfonamides is 1. The van der Waals surface area contributed by atoms with Gasteiger partial charge in [0.15, 0.2) is 0 Å². The van der Waals surface area contributed by atoms with Gasteiger partial charge in [-0.05, 0) is 43.5 Å². The first-order valence-electron chi connectivity index (χ1n) is 6.92. The second kappa shape index (κ2) is 7.55. The van der Waals surface area contributed by atoms with E-state index in [4.69, 9.17) is 10.00 Å². The summed E-state index contributed by atoms with van der Waals surface area (Å²) in [6, 6.07) is 6.26. The van der Waals surface area contributed by atoms with Gasteiger partial charge in [-0.1, -0.05) is 13.8 Å². The lowest BCUT2D eigenvalue weighted by Gasteiger charge is -2.22. The minimum absolute atomic E-state index is 0.116. The molecule has 0 saturated carbocycles. The van der Waals surface area contributed by atoms with E-state index in [1.54, 1.807) is 13.0 Å². The molecule has 1 N–H and O–H groups in total. The zero-order valence-corrected chi connectivity index (χ0v) is 13.7. The van der Waals surface area contributed by atoms with Gasteiger partial charge in [0, 0.05) is 12.6 Å². The van der Waals surface area contributed by atoms with Gasteiger partial charge in [-0.25, -0.2) is 13.1 Å². The van der Waals surface area contributed by atoms with Crippen LogP contribution in [0.4, 0.5) is 0 Å². The van der Waals surface area contributed by atoms with Crippen LogP contribution in [0.3, 0.4) is 0 Å². The van der Waals surface area contributed by atoms with E-state index < -0.39 is 10.0 Å². The molecule has 0 fully saturated rings. The van der Waals surface area contributed by atoms with Crippen LogP contribution in [0.2, 0.25) is 0 Å². The van der Waals surface area contributed by atoms with Crippen LogP contribution in [0, 0.1) is 24.2 Å². The first-order chi connectivity index (χ1) is 9.81. The van der Waals surface area contributed by atoms with E-state index in [1.807, 2.05) is 26.8 Å². The molecule has 5 nitrogen and oxygen atoms in total. The Morgan fingerprint density at radius 2 is 2.05 bits per heavy atom. The summed E-state index contributed by atoms with van der Waals surface area (Å²) >= 11 is 0. The monoisotopic (exact) mass is 310 g/mol. The van der Waals surface area contributed by atoms with E-state index in [1.165, 1.54) is 12.1 Å². The summed E-state index contributed by atoms with van der Waals surface area (Å²) in [6.07, 6.45) is 0. The summed E-state index contributed by atoms with van der Waals surface area (Å²) in [4.78, 5) is 0.198. The molecular formula is C15H22N2O3S. The Labute approximate surface area is 127 Å². The number of nitriles is 1. The number of hydrogen-bond acceptors (Lipinski definition) is 4. The van der Waals surface area contributed by atoms with Crippen molar-refractivity contribution in [2.45, 2.75) is 38.6 Å². The summed E-state index contributed by atoms with van der Waals surface area (Å²) in [5.74, 6) is 0.116. The van der Waals surface area contributed by atoms with Crippen LogP contribution in [0.25, 0.3) is 0 Å². The molecule has 0 bridgehead atoms. The highest BCUT2D eigenvalue weighted by atomic mass is 32.2. The zero-order chi connectivity index (χ0) is 16.0. The number of nitrogens with zero attached hydrogens (tertiary/aromatic N) is 1. The molecule has 1 aromatic carbocycles.